The second-order valence-corrected chi connectivity index (χ2v) is 7.98. The Bertz CT molecular complexity index is 760. The zero-order valence-corrected chi connectivity index (χ0v) is 19.2. The molecule has 1 N–H and O–H groups in total. The monoisotopic (exact) mass is 406 g/mol. The smallest absolute Gasteiger partial charge is 0.250 e. The van der Waals surface area contributed by atoms with E-state index in [1.807, 2.05) is 44.2 Å². The molecule has 30 heavy (non-hydrogen) atoms. The Hall–Kier alpha value is -2.57. The van der Waals surface area contributed by atoms with E-state index >= 15 is 0 Å². The van der Waals surface area contributed by atoms with Crippen LogP contribution >= 0.6 is 0 Å². The predicted octanol–water partition coefficient (Wildman–Crippen LogP) is 5.36. The summed E-state index contributed by atoms with van der Waals surface area (Å²) in [5.41, 5.74) is 2.12. The molecule has 0 aliphatic carbocycles. The molecule has 1 amide bonds. The second-order valence-electron chi connectivity index (χ2n) is 7.98. The summed E-state index contributed by atoms with van der Waals surface area (Å²) in [4.78, 5) is 15.0. The van der Waals surface area contributed by atoms with Gasteiger partial charge in [0.15, 0.2) is 0 Å². The molecule has 1 aliphatic rings. The molecule has 0 unspecified atom stereocenters. The highest BCUT2D eigenvalue weighted by Gasteiger charge is 2.20. The summed E-state index contributed by atoms with van der Waals surface area (Å²) < 4.78 is 0. The summed E-state index contributed by atoms with van der Waals surface area (Å²) in [6, 6.07) is 0.228. The van der Waals surface area contributed by atoms with Crippen molar-refractivity contribution in [3.05, 3.63) is 72.4 Å². The van der Waals surface area contributed by atoms with Crippen LogP contribution in [0.3, 0.4) is 0 Å². The zero-order valence-electron chi connectivity index (χ0n) is 19.2. The lowest BCUT2D eigenvalue weighted by molar-refractivity contribution is -0.118. The molecule has 3 nitrogen and oxygen atoms in total. The first-order chi connectivity index (χ1) is 14.4. The van der Waals surface area contributed by atoms with E-state index in [4.69, 9.17) is 0 Å². The van der Waals surface area contributed by atoms with E-state index in [0.717, 1.165) is 49.5 Å². The Labute approximate surface area is 184 Å². The number of carbonyl (C=O) groups excluding carboxylic acids is 1. The number of nitrogens with zero attached hydrogens (tertiary/aromatic N) is 1. The first kappa shape index (κ1) is 25.5. The number of rotatable bonds is 9. The highest BCUT2D eigenvalue weighted by atomic mass is 16.1. The fourth-order valence-electron chi connectivity index (χ4n) is 3.00. The topological polar surface area (TPSA) is 32.3 Å². The molecular formula is C27H38N2O. The number of nitrogens with one attached hydrogen (secondary N) is 1. The van der Waals surface area contributed by atoms with Gasteiger partial charge >= 0.3 is 0 Å². The molecule has 0 atom stereocenters. The Balaban J connectivity index is 2.54. The first-order valence-electron chi connectivity index (χ1n) is 10.9. The van der Waals surface area contributed by atoms with E-state index in [2.05, 4.69) is 49.1 Å². The average Bonchev–Trinajstić information content (AvgIpc) is 2.74. The summed E-state index contributed by atoms with van der Waals surface area (Å²) in [6.07, 6.45) is 16.2. The summed E-state index contributed by atoms with van der Waals surface area (Å²) in [7, 11) is 0. The number of likely N-dealkylation sites (tertiary alicyclic amines) is 1. The zero-order chi connectivity index (χ0) is 22.4. The van der Waals surface area contributed by atoms with Gasteiger partial charge in [-0.1, -0.05) is 63.2 Å². The molecule has 0 bridgehead atoms. The number of hydrogen-bond acceptors (Lipinski definition) is 2. The van der Waals surface area contributed by atoms with Crippen LogP contribution in [0.5, 0.6) is 0 Å². The largest absolute Gasteiger partial charge is 0.349 e. The van der Waals surface area contributed by atoms with Gasteiger partial charge in [0.1, 0.15) is 0 Å². The van der Waals surface area contributed by atoms with Gasteiger partial charge in [0.25, 0.3) is 5.91 Å². The average molecular weight is 407 g/mol. The first-order valence-corrected chi connectivity index (χ1v) is 10.9. The maximum absolute atomic E-state index is 12.5. The third-order valence-electron chi connectivity index (χ3n) is 5.05. The lowest BCUT2D eigenvalue weighted by Crippen LogP contribution is -2.45. The molecule has 1 heterocycles. The van der Waals surface area contributed by atoms with Gasteiger partial charge in [-0.05, 0) is 63.8 Å². The molecule has 0 saturated carbocycles. The van der Waals surface area contributed by atoms with Crippen molar-refractivity contribution in [2.24, 2.45) is 5.92 Å². The van der Waals surface area contributed by atoms with Crippen LogP contribution in [-0.4, -0.2) is 36.5 Å². The number of hydrogen-bond donors (Lipinski definition) is 1. The molecule has 0 aromatic heterocycles. The van der Waals surface area contributed by atoms with E-state index in [-0.39, 0.29) is 11.9 Å². The van der Waals surface area contributed by atoms with Crippen molar-refractivity contribution in [1.82, 2.24) is 10.2 Å². The van der Waals surface area contributed by atoms with Crippen molar-refractivity contribution in [1.29, 1.82) is 0 Å². The second kappa shape index (κ2) is 14.4. The van der Waals surface area contributed by atoms with Crippen molar-refractivity contribution >= 4 is 5.91 Å². The van der Waals surface area contributed by atoms with E-state index in [9.17, 15) is 4.79 Å². The van der Waals surface area contributed by atoms with E-state index in [1.54, 1.807) is 12.2 Å². The maximum Gasteiger partial charge on any atom is 0.250 e. The highest BCUT2D eigenvalue weighted by molar-refractivity contribution is 5.95. The maximum atomic E-state index is 12.5. The molecule has 1 aliphatic heterocycles. The fraction of sp³-hybridized carbons (Fsp3) is 0.444. The third kappa shape index (κ3) is 10.3. The minimum absolute atomic E-state index is 0.102. The number of piperidine rings is 1. The van der Waals surface area contributed by atoms with Crippen molar-refractivity contribution < 1.29 is 4.79 Å². The molecule has 162 valence electrons. The molecule has 1 saturated heterocycles. The highest BCUT2D eigenvalue weighted by Crippen LogP contribution is 2.13. The van der Waals surface area contributed by atoms with Crippen molar-refractivity contribution in [2.45, 2.75) is 53.0 Å². The van der Waals surface area contributed by atoms with Gasteiger partial charge in [-0.15, -0.1) is 0 Å². The van der Waals surface area contributed by atoms with Gasteiger partial charge < -0.3 is 10.2 Å². The lowest BCUT2D eigenvalue weighted by Gasteiger charge is -2.32. The minimum Gasteiger partial charge on any atom is -0.349 e. The Morgan fingerprint density at radius 1 is 1.17 bits per heavy atom. The lowest BCUT2D eigenvalue weighted by atomic mass is 10.0. The van der Waals surface area contributed by atoms with Crippen LogP contribution in [0, 0.1) is 17.8 Å². The molecule has 3 heteroatoms. The molecule has 0 aromatic rings. The summed E-state index contributed by atoms with van der Waals surface area (Å²) in [6.45, 7) is 19.3. The van der Waals surface area contributed by atoms with Gasteiger partial charge in [0.05, 0.1) is 0 Å². The van der Waals surface area contributed by atoms with Gasteiger partial charge in [-0.3, -0.25) is 4.79 Å². The van der Waals surface area contributed by atoms with Crippen LogP contribution in [0.25, 0.3) is 0 Å². The van der Waals surface area contributed by atoms with Gasteiger partial charge in [-0.25, -0.2) is 0 Å². The summed E-state index contributed by atoms with van der Waals surface area (Å²) in [5, 5.41) is 3.13. The Kier molecular flexibility index (Phi) is 12.2. The van der Waals surface area contributed by atoms with Gasteiger partial charge in [0.2, 0.25) is 0 Å². The van der Waals surface area contributed by atoms with Crippen LogP contribution in [0.2, 0.25) is 0 Å². The fourth-order valence-corrected chi connectivity index (χ4v) is 3.00. The molecular weight excluding hydrogens is 368 g/mol. The van der Waals surface area contributed by atoms with Crippen LogP contribution in [0.1, 0.15) is 47.0 Å². The van der Waals surface area contributed by atoms with Crippen LogP contribution in [0.4, 0.5) is 0 Å². The third-order valence-corrected chi connectivity index (χ3v) is 5.05. The van der Waals surface area contributed by atoms with Gasteiger partial charge in [0, 0.05) is 35.9 Å². The number of allylic oxidation sites excluding steroid dienone is 8. The Morgan fingerprint density at radius 2 is 1.83 bits per heavy atom. The standard InChI is InChI=1S/C27H38N2O/c1-7-10-11-24(8-2)14-15-25(9-3)13-12-23(6)27(30)28-26-17-20-29(21-18-26)19-16-22(4)5/h7-13,22,26H,2,6,16-21H2,1,3-5H3,(H,28,30)/b10-7-,13-12-,24-11+,25-9+. The summed E-state index contributed by atoms with van der Waals surface area (Å²) >= 11 is 0. The Morgan fingerprint density at radius 3 is 2.40 bits per heavy atom. The van der Waals surface area contributed by atoms with Gasteiger partial charge in [-0.2, -0.15) is 0 Å². The molecule has 1 rings (SSSR count). The van der Waals surface area contributed by atoms with Crippen LogP contribution in [-0.2, 0) is 4.79 Å². The van der Waals surface area contributed by atoms with Crippen LogP contribution in [0.15, 0.2) is 72.4 Å². The quantitative estimate of drug-likeness (QED) is 0.317. The molecule has 1 fully saturated rings. The van der Waals surface area contributed by atoms with Crippen molar-refractivity contribution in [3.63, 3.8) is 0 Å². The van der Waals surface area contributed by atoms with Crippen molar-refractivity contribution in [2.75, 3.05) is 19.6 Å². The van der Waals surface area contributed by atoms with E-state index in [0.29, 0.717) is 5.57 Å². The number of carbonyl (C=O) groups is 1. The van der Waals surface area contributed by atoms with E-state index in [1.165, 1.54) is 6.42 Å². The number of amides is 1. The molecule has 0 spiro atoms. The predicted molar refractivity (Wildman–Crippen MR) is 130 cm³/mol. The van der Waals surface area contributed by atoms with E-state index < -0.39 is 0 Å². The minimum atomic E-state index is -0.102. The van der Waals surface area contributed by atoms with Crippen LogP contribution < -0.4 is 5.32 Å². The van der Waals surface area contributed by atoms with Crippen molar-refractivity contribution in [3.8, 4) is 11.8 Å². The normalized spacial score (nSPS) is 16.7. The molecule has 0 radical (unpaired) electrons. The summed E-state index contributed by atoms with van der Waals surface area (Å²) in [5.74, 6) is 6.82. The SMILES string of the molecule is C=C/C(C#CC(/C=C\C(=C)C(=O)NC1CCN(CCC(C)C)CC1)=C/C)=C\C=C/C. The molecule has 0 aromatic carbocycles.